The number of esters is 1. The van der Waals surface area contributed by atoms with Crippen LogP contribution in [0.4, 0.5) is 0 Å². The van der Waals surface area contributed by atoms with E-state index in [1.165, 1.54) is 30.3 Å². The van der Waals surface area contributed by atoms with Crippen molar-refractivity contribution < 1.29 is 27.6 Å². The van der Waals surface area contributed by atoms with Gasteiger partial charge in [-0.25, -0.2) is 13.2 Å². The molecule has 0 saturated carbocycles. The Morgan fingerprint density at radius 2 is 1.61 bits per heavy atom. The van der Waals surface area contributed by atoms with Gasteiger partial charge in [-0.2, -0.15) is 0 Å². The summed E-state index contributed by atoms with van der Waals surface area (Å²) >= 11 is 5.27. The number of hydrogen-bond acceptors (Lipinski definition) is 6. The van der Waals surface area contributed by atoms with Crippen LogP contribution >= 0.6 is 67.8 Å². The molecule has 0 fully saturated rings. The number of hydrogen-bond donors (Lipinski definition) is 1. The van der Waals surface area contributed by atoms with Crippen molar-refractivity contribution in [1.29, 1.82) is 0 Å². The summed E-state index contributed by atoms with van der Waals surface area (Å²) in [6.07, 6.45) is 0. The smallest absolute Gasteiger partial charge is 0.343 e. The number of benzene rings is 2. The van der Waals surface area contributed by atoms with Crippen molar-refractivity contribution in [2.24, 2.45) is 0 Å². The maximum atomic E-state index is 12.1. The number of ether oxygens (including phenoxy) is 1. The first kappa shape index (κ1) is 19.1. The van der Waals surface area contributed by atoms with E-state index < -0.39 is 16.1 Å². The zero-order chi connectivity index (χ0) is 17.4. The molecular formula is C13H6I3O6S-. The van der Waals surface area contributed by atoms with E-state index >= 15 is 0 Å². The van der Waals surface area contributed by atoms with E-state index in [1.807, 2.05) is 22.6 Å². The molecule has 6 nitrogen and oxygen atoms in total. The lowest BCUT2D eigenvalue weighted by molar-refractivity contribution is 0.0734. The van der Waals surface area contributed by atoms with Gasteiger partial charge in [-0.1, -0.05) is 0 Å². The van der Waals surface area contributed by atoms with Crippen LogP contribution in [0.2, 0.25) is 0 Å². The first-order valence-electron chi connectivity index (χ1n) is 5.75. The predicted molar refractivity (Wildman–Crippen MR) is 106 cm³/mol. The molecular weight excluding hydrogens is 665 g/mol. The van der Waals surface area contributed by atoms with Crippen LogP contribution in [0, 0.1) is 10.7 Å². The summed E-state index contributed by atoms with van der Waals surface area (Å²) in [5.41, 5.74) is 0.234. The Hall–Kier alpha value is -0.190. The summed E-state index contributed by atoms with van der Waals surface area (Å²) in [5.74, 6) is -0.484. The molecule has 0 saturated heterocycles. The molecule has 10 heteroatoms. The van der Waals surface area contributed by atoms with E-state index in [-0.39, 0.29) is 29.1 Å². The third-order valence-corrected chi connectivity index (χ3v) is 6.85. The van der Waals surface area contributed by atoms with Crippen molar-refractivity contribution in [3.63, 3.8) is 0 Å². The second-order valence-electron chi connectivity index (χ2n) is 4.23. The van der Waals surface area contributed by atoms with Gasteiger partial charge >= 0.3 is 5.97 Å². The Kier molecular flexibility index (Phi) is 6.13. The average molecular weight is 671 g/mol. The summed E-state index contributed by atoms with van der Waals surface area (Å²) in [4.78, 5) is 11.8. The van der Waals surface area contributed by atoms with Gasteiger partial charge < -0.3 is 14.4 Å². The molecule has 0 heterocycles. The van der Waals surface area contributed by atoms with Gasteiger partial charge in [0.15, 0.2) is 0 Å². The van der Waals surface area contributed by atoms with Crippen LogP contribution in [0.5, 0.6) is 11.5 Å². The van der Waals surface area contributed by atoms with Crippen LogP contribution in [0.3, 0.4) is 0 Å². The van der Waals surface area contributed by atoms with Gasteiger partial charge in [-0.05, 0) is 98.1 Å². The van der Waals surface area contributed by atoms with E-state index in [2.05, 4.69) is 0 Å². The van der Waals surface area contributed by atoms with Gasteiger partial charge in [-0.15, -0.1) is 0 Å². The van der Waals surface area contributed by atoms with Crippen LogP contribution in [0.1, 0.15) is 10.4 Å². The number of carbonyl (C=O) groups excluding carboxylic acids is 1. The highest BCUT2D eigenvalue weighted by molar-refractivity contribution is 14.1. The molecule has 2 aromatic carbocycles. The summed E-state index contributed by atoms with van der Waals surface area (Å²) in [7, 11) is -4.61. The topological polar surface area (TPSA) is 104 Å². The minimum absolute atomic E-state index is 0.0521. The third-order valence-electron chi connectivity index (χ3n) is 2.62. The molecule has 0 radical (unpaired) electrons. The standard InChI is InChI=1S/C13H7I3O6S/c14-8-3-6(1-2-11(8)17)13(18)22-7-4-9(15)12(10(16)5-7)23(19,20)21/h1-5,17H,(H,19,20,21)/p-1. The van der Waals surface area contributed by atoms with Gasteiger partial charge in [0.25, 0.3) is 0 Å². The van der Waals surface area contributed by atoms with Gasteiger partial charge in [0, 0.05) is 7.14 Å². The molecule has 0 aliphatic carbocycles. The molecule has 1 N–H and O–H groups in total. The van der Waals surface area contributed by atoms with Crippen molar-refractivity contribution in [1.82, 2.24) is 0 Å². The Balaban J connectivity index is 2.34. The number of carbonyl (C=O) groups is 1. The minimum Gasteiger partial charge on any atom is -0.744 e. The molecule has 2 aromatic rings. The second kappa shape index (κ2) is 7.37. The number of aromatic hydroxyl groups is 1. The van der Waals surface area contributed by atoms with E-state index in [1.54, 1.807) is 45.2 Å². The quantitative estimate of drug-likeness (QED) is 0.233. The predicted octanol–water partition coefficient (Wildman–Crippen LogP) is 3.33. The Morgan fingerprint density at radius 3 is 2.09 bits per heavy atom. The van der Waals surface area contributed by atoms with Gasteiger partial charge in [0.2, 0.25) is 0 Å². The van der Waals surface area contributed by atoms with Crippen molar-refractivity contribution in [2.75, 3.05) is 0 Å². The molecule has 0 unspecified atom stereocenters. The fourth-order valence-corrected chi connectivity index (χ4v) is 6.07. The van der Waals surface area contributed by atoms with E-state index in [0.29, 0.717) is 3.57 Å². The molecule has 0 spiro atoms. The first-order chi connectivity index (χ1) is 10.6. The van der Waals surface area contributed by atoms with Crippen molar-refractivity contribution >= 4 is 83.9 Å². The fourth-order valence-electron chi connectivity index (χ4n) is 1.63. The fraction of sp³-hybridized carbons (Fsp3) is 0. The Bertz CT molecular complexity index is 872. The minimum atomic E-state index is -4.61. The van der Waals surface area contributed by atoms with E-state index in [4.69, 9.17) is 4.74 Å². The number of halogens is 3. The van der Waals surface area contributed by atoms with Crippen LogP contribution < -0.4 is 4.74 Å². The Morgan fingerprint density at radius 1 is 1.04 bits per heavy atom. The molecule has 23 heavy (non-hydrogen) atoms. The van der Waals surface area contributed by atoms with E-state index in [9.17, 15) is 22.9 Å². The largest absolute Gasteiger partial charge is 0.744 e. The highest BCUT2D eigenvalue weighted by atomic mass is 127. The number of phenolic OH excluding ortho intramolecular Hbond substituents is 1. The van der Waals surface area contributed by atoms with Crippen molar-refractivity contribution in [3.05, 3.63) is 46.6 Å². The molecule has 0 atom stereocenters. The summed E-state index contributed by atoms with van der Waals surface area (Å²) in [5, 5.41) is 9.45. The highest BCUT2D eigenvalue weighted by Gasteiger charge is 2.16. The summed E-state index contributed by atoms with van der Waals surface area (Å²) in [6, 6.07) is 6.85. The summed E-state index contributed by atoms with van der Waals surface area (Å²) < 4.78 is 39.6. The SMILES string of the molecule is O=C(Oc1cc(I)c(S(=O)(=O)[O-])c(I)c1)c1ccc(O)c(I)c1. The maximum Gasteiger partial charge on any atom is 0.343 e. The van der Waals surface area contributed by atoms with Gasteiger partial charge in [0.05, 0.1) is 14.0 Å². The maximum absolute atomic E-state index is 12.1. The van der Waals surface area contributed by atoms with Gasteiger partial charge in [0.1, 0.15) is 21.6 Å². The van der Waals surface area contributed by atoms with E-state index in [0.717, 1.165) is 0 Å². The lowest BCUT2D eigenvalue weighted by Crippen LogP contribution is -2.10. The second-order valence-corrected chi connectivity index (χ2v) is 9.03. The number of phenols is 1. The molecule has 0 bridgehead atoms. The zero-order valence-electron chi connectivity index (χ0n) is 10.9. The average Bonchev–Trinajstić information content (AvgIpc) is 2.39. The van der Waals surface area contributed by atoms with Crippen LogP contribution in [0.15, 0.2) is 35.2 Å². The van der Waals surface area contributed by atoms with Crippen LogP contribution in [-0.4, -0.2) is 24.0 Å². The van der Waals surface area contributed by atoms with Crippen LogP contribution in [0.25, 0.3) is 0 Å². The monoisotopic (exact) mass is 671 g/mol. The number of rotatable bonds is 3. The normalized spacial score (nSPS) is 11.3. The van der Waals surface area contributed by atoms with Crippen LogP contribution in [-0.2, 0) is 10.1 Å². The van der Waals surface area contributed by atoms with Gasteiger partial charge in [-0.3, -0.25) is 0 Å². The lowest BCUT2D eigenvalue weighted by Gasteiger charge is -2.13. The Labute approximate surface area is 172 Å². The zero-order valence-corrected chi connectivity index (χ0v) is 18.2. The molecule has 2 rings (SSSR count). The molecule has 0 aromatic heterocycles. The highest BCUT2D eigenvalue weighted by Crippen LogP contribution is 2.29. The lowest BCUT2D eigenvalue weighted by atomic mass is 10.2. The third kappa shape index (κ3) is 4.67. The molecule has 0 aliphatic rings. The summed E-state index contributed by atoms with van der Waals surface area (Å²) in [6.45, 7) is 0. The molecule has 0 aliphatic heterocycles. The van der Waals surface area contributed by atoms with Crippen molar-refractivity contribution in [2.45, 2.75) is 4.90 Å². The molecule has 122 valence electrons. The molecule has 0 amide bonds. The van der Waals surface area contributed by atoms with Crippen molar-refractivity contribution in [3.8, 4) is 11.5 Å². The first-order valence-corrected chi connectivity index (χ1v) is 10.4.